The summed E-state index contributed by atoms with van der Waals surface area (Å²) in [7, 11) is 0. The van der Waals surface area contributed by atoms with Gasteiger partial charge in [0, 0.05) is 18.8 Å². The van der Waals surface area contributed by atoms with E-state index in [9.17, 15) is 0 Å². The molecule has 22 heavy (non-hydrogen) atoms. The van der Waals surface area contributed by atoms with Crippen LogP contribution in [0, 0.1) is 11.3 Å². The third kappa shape index (κ3) is 2.92. The fourth-order valence-corrected chi connectivity index (χ4v) is 2.93. The number of hydrogen-bond acceptors (Lipinski definition) is 4. The van der Waals surface area contributed by atoms with Gasteiger partial charge in [-0.25, -0.2) is 4.98 Å². The van der Waals surface area contributed by atoms with E-state index in [1.165, 1.54) is 11.1 Å². The van der Waals surface area contributed by atoms with Gasteiger partial charge in [0.25, 0.3) is 0 Å². The molecule has 4 nitrogen and oxygen atoms in total. The molecule has 1 aromatic heterocycles. The maximum absolute atomic E-state index is 9.03. The Kier molecular flexibility index (Phi) is 4.28. The van der Waals surface area contributed by atoms with Gasteiger partial charge in [-0.2, -0.15) is 5.26 Å². The lowest BCUT2D eigenvalue weighted by atomic mass is 9.97. The first-order valence-electron chi connectivity index (χ1n) is 7.38. The van der Waals surface area contributed by atoms with E-state index in [0.717, 1.165) is 31.7 Å². The number of hydrogen-bond donors (Lipinski definition) is 1. The zero-order chi connectivity index (χ0) is 15.5. The van der Waals surface area contributed by atoms with Crippen molar-refractivity contribution in [2.24, 2.45) is 0 Å². The molecule has 2 aromatic rings. The molecule has 1 aliphatic heterocycles. The van der Waals surface area contributed by atoms with Gasteiger partial charge in [-0.1, -0.05) is 30.7 Å². The lowest BCUT2D eigenvalue weighted by Gasteiger charge is -2.29. The minimum atomic E-state index is 0.244. The first-order valence-corrected chi connectivity index (χ1v) is 7.76. The van der Waals surface area contributed by atoms with Crippen LogP contribution < -0.4 is 5.32 Å². The molecule has 3 rings (SSSR count). The number of nitrogens with zero attached hydrogens (tertiary/aromatic N) is 3. The van der Waals surface area contributed by atoms with Gasteiger partial charge >= 0.3 is 0 Å². The number of pyridine rings is 1. The van der Waals surface area contributed by atoms with Crippen molar-refractivity contribution < 1.29 is 0 Å². The highest BCUT2D eigenvalue weighted by molar-refractivity contribution is 6.31. The molecule has 0 saturated heterocycles. The van der Waals surface area contributed by atoms with Crippen LogP contribution in [0.4, 0.5) is 11.5 Å². The van der Waals surface area contributed by atoms with Gasteiger partial charge in [0.1, 0.15) is 11.9 Å². The van der Waals surface area contributed by atoms with Gasteiger partial charge < -0.3 is 5.32 Å². The predicted molar refractivity (Wildman–Crippen MR) is 88.3 cm³/mol. The number of likely N-dealkylation sites (N-methyl/N-ethyl adjacent to an activating group) is 1. The van der Waals surface area contributed by atoms with E-state index in [1.807, 2.05) is 6.07 Å². The first-order chi connectivity index (χ1) is 10.7. The number of aromatic nitrogens is 1. The van der Waals surface area contributed by atoms with Crippen LogP contribution in [-0.2, 0) is 13.0 Å². The second-order valence-corrected chi connectivity index (χ2v) is 5.73. The topological polar surface area (TPSA) is 52.0 Å². The molecular weight excluding hydrogens is 296 g/mol. The lowest BCUT2D eigenvalue weighted by Crippen LogP contribution is -2.30. The summed E-state index contributed by atoms with van der Waals surface area (Å²) in [5.41, 5.74) is 4.00. The van der Waals surface area contributed by atoms with Crippen LogP contribution in [-0.4, -0.2) is 23.0 Å². The molecule has 0 radical (unpaired) electrons. The first kappa shape index (κ1) is 14.8. The molecule has 0 aliphatic carbocycles. The molecular formula is C17H17ClN4. The van der Waals surface area contributed by atoms with Gasteiger partial charge in [0.2, 0.25) is 0 Å². The molecule has 2 heterocycles. The van der Waals surface area contributed by atoms with Crippen LogP contribution in [0.1, 0.15) is 23.7 Å². The summed E-state index contributed by atoms with van der Waals surface area (Å²) in [4.78, 5) is 6.68. The summed E-state index contributed by atoms with van der Waals surface area (Å²) in [6.45, 7) is 5.31. The lowest BCUT2D eigenvalue weighted by molar-refractivity contribution is 0.268. The Morgan fingerprint density at radius 3 is 3.00 bits per heavy atom. The summed E-state index contributed by atoms with van der Waals surface area (Å²) < 4.78 is 0. The van der Waals surface area contributed by atoms with Crippen molar-refractivity contribution >= 4 is 23.1 Å². The van der Waals surface area contributed by atoms with Gasteiger partial charge in [-0.15, -0.1) is 0 Å². The van der Waals surface area contributed by atoms with Gasteiger partial charge in [-0.3, -0.25) is 4.90 Å². The van der Waals surface area contributed by atoms with Crippen LogP contribution in [0.2, 0.25) is 5.02 Å². The largest absolute Gasteiger partial charge is 0.340 e. The Balaban J connectivity index is 1.89. The molecule has 5 heteroatoms. The van der Waals surface area contributed by atoms with E-state index in [1.54, 1.807) is 12.1 Å². The van der Waals surface area contributed by atoms with E-state index < -0.39 is 0 Å². The Morgan fingerprint density at radius 1 is 1.36 bits per heavy atom. The van der Waals surface area contributed by atoms with Crippen molar-refractivity contribution in [1.29, 1.82) is 5.26 Å². The van der Waals surface area contributed by atoms with E-state index in [-0.39, 0.29) is 5.69 Å². The highest BCUT2D eigenvalue weighted by Crippen LogP contribution is 2.28. The van der Waals surface area contributed by atoms with Gasteiger partial charge in [0.05, 0.1) is 5.02 Å². The second-order valence-electron chi connectivity index (χ2n) is 5.33. The Bertz CT molecular complexity index is 736. The predicted octanol–water partition coefficient (Wildman–Crippen LogP) is 3.73. The van der Waals surface area contributed by atoms with Crippen molar-refractivity contribution in [2.45, 2.75) is 19.9 Å². The van der Waals surface area contributed by atoms with E-state index >= 15 is 0 Å². The Labute approximate surface area is 135 Å². The SMILES string of the molecule is CCN1CCc2c(cccc2Nc2ccc(Cl)c(C#N)n2)C1. The monoisotopic (exact) mass is 312 g/mol. The second kappa shape index (κ2) is 6.35. The third-order valence-electron chi connectivity index (χ3n) is 4.01. The van der Waals surface area contributed by atoms with Crippen molar-refractivity contribution in [3.05, 3.63) is 52.2 Å². The van der Waals surface area contributed by atoms with Crippen LogP contribution in [0.25, 0.3) is 0 Å². The standard InChI is InChI=1S/C17H17ClN4/c1-2-22-9-8-13-12(11-22)4-3-5-15(13)20-17-7-6-14(18)16(10-19)21-17/h3-7H,2,8-9,11H2,1H3,(H,20,21). The molecule has 0 fully saturated rings. The summed E-state index contributed by atoms with van der Waals surface area (Å²) in [6, 6.07) is 11.8. The van der Waals surface area contributed by atoms with Gasteiger partial charge in [-0.05, 0) is 42.3 Å². The van der Waals surface area contributed by atoms with Crippen LogP contribution >= 0.6 is 11.6 Å². The molecule has 0 spiro atoms. The van der Waals surface area contributed by atoms with Gasteiger partial charge in [0.15, 0.2) is 5.69 Å². The molecule has 112 valence electrons. The maximum Gasteiger partial charge on any atom is 0.161 e. The minimum Gasteiger partial charge on any atom is -0.340 e. The maximum atomic E-state index is 9.03. The highest BCUT2D eigenvalue weighted by atomic mass is 35.5. The van der Waals surface area contributed by atoms with Crippen LogP contribution in [0.15, 0.2) is 30.3 Å². The number of nitriles is 1. The smallest absolute Gasteiger partial charge is 0.161 e. The average molecular weight is 313 g/mol. The number of fused-ring (bicyclic) bond motifs is 1. The molecule has 1 aromatic carbocycles. The zero-order valence-electron chi connectivity index (χ0n) is 12.4. The van der Waals surface area contributed by atoms with Crippen molar-refractivity contribution in [2.75, 3.05) is 18.4 Å². The Morgan fingerprint density at radius 2 is 2.23 bits per heavy atom. The molecule has 0 unspecified atom stereocenters. The minimum absolute atomic E-state index is 0.244. The quantitative estimate of drug-likeness (QED) is 0.938. The number of rotatable bonds is 3. The van der Waals surface area contributed by atoms with Crippen LogP contribution in [0.3, 0.4) is 0 Å². The molecule has 0 amide bonds. The van der Waals surface area contributed by atoms with E-state index in [2.05, 4.69) is 40.3 Å². The zero-order valence-corrected chi connectivity index (χ0v) is 13.2. The molecule has 1 aliphatic rings. The normalized spacial score (nSPS) is 14.2. The number of nitrogens with one attached hydrogen (secondary N) is 1. The van der Waals surface area contributed by atoms with Crippen molar-refractivity contribution in [3.8, 4) is 6.07 Å². The third-order valence-corrected chi connectivity index (χ3v) is 4.31. The molecule has 0 atom stereocenters. The number of halogens is 1. The molecule has 0 saturated carbocycles. The summed E-state index contributed by atoms with van der Waals surface area (Å²) in [5.74, 6) is 0.646. The molecule has 0 bridgehead atoms. The fourth-order valence-electron chi connectivity index (χ4n) is 2.78. The summed E-state index contributed by atoms with van der Waals surface area (Å²) >= 11 is 5.93. The van der Waals surface area contributed by atoms with E-state index in [4.69, 9.17) is 16.9 Å². The fraction of sp³-hybridized carbons (Fsp3) is 0.294. The molecule has 1 N–H and O–H groups in total. The summed E-state index contributed by atoms with van der Waals surface area (Å²) in [5, 5.41) is 12.7. The highest BCUT2D eigenvalue weighted by Gasteiger charge is 2.17. The van der Waals surface area contributed by atoms with Crippen LogP contribution in [0.5, 0.6) is 0 Å². The summed E-state index contributed by atoms with van der Waals surface area (Å²) in [6.07, 6.45) is 1.02. The number of anilines is 2. The van der Waals surface area contributed by atoms with Crippen molar-refractivity contribution in [3.63, 3.8) is 0 Å². The Hall–Kier alpha value is -2.09. The number of benzene rings is 1. The average Bonchev–Trinajstić information content (AvgIpc) is 2.56. The van der Waals surface area contributed by atoms with Crippen molar-refractivity contribution in [1.82, 2.24) is 9.88 Å². The van der Waals surface area contributed by atoms with E-state index in [0.29, 0.717) is 10.8 Å².